The first-order valence-electron chi connectivity index (χ1n) is 5.21. The summed E-state index contributed by atoms with van der Waals surface area (Å²) in [5, 5.41) is 0. The van der Waals surface area contributed by atoms with Crippen molar-refractivity contribution < 1.29 is 4.79 Å². The summed E-state index contributed by atoms with van der Waals surface area (Å²) in [6.45, 7) is 2.33. The van der Waals surface area contributed by atoms with Gasteiger partial charge in [0.05, 0.1) is 0 Å². The van der Waals surface area contributed by atoms with E-state index in [1.807, 2.05) is 0 Å². The van der Waals surface area contributed by atoms with Gasteiger partial charge in [-0.25, -0.2) is 0 Å². The van der Waals surface area contributed by atoms with Crippen LogP contribution in [0.2, 0.25) is 0 Å². The molecule has 0 aliphatic heterocycles. The van der Waals surface area contributed by atoms with E-state index in [0.29, 0.717) is 11.2 Å². The van der Waals surface area contributed by atoms with Gasteiger partial charge in [-0.05, 0) is 30.6 Å². The Hall–Kier alpha value is -0.330. The Kier molecular flexibility index (Phi) is 1.06. The van der Waals surface area contributed by atoms with Crippen molar-refractivity contribution in [1.82, 2.24) is 0 Å². The number of ketones is 1. The molecule has 0 aromatic rings. The lowest BCUT2D eigenvalue weighted by molar-refractivity contribution is -0.137. The average molecular weight is 164 g/mol. The molecule has 12 heavy (non-hydrogen) atoms. The Labute approximate surface area is 73.5 Å². The quantitative estimate of drug-likeness (QED) is 0.537. The van der Waals surface area contributed by atoms with Gasteiger partial charge in [-0.2, -0.15) is 0 Å². The monoisotopic (exact) mass is 164 g/mol. The van der Waals surface area contributed by atoms with Crippen molar-refractivity contribution in [1.29, 1.82) is 0 Å². The summed E-state index contributed by atoms with van der Waals surface area (Å²) >= 11 is 0. The zero-order valence-corrected chi connectivity index (χ0v) is 7.73. The molecule has 3 unspecified atom stereocenters. The second-order valence-electron chi connectivity index (χ2n) is 5.39. The zero-order valence-electron chi connectivity index (χ0n) is 7.73. The highest BCUT2D eigenvalue weighted by atomic mass is 16.1. The molecule has 4 aliphatic carbocycles. The van der Waals surface area contributed by atoms with Gasteiger partial charge in [-0.3, -0.25) is 4.79 Å². The minimum Gasteiger partial charge on any atom is -0.299 e. The average Bonchev–Trinajstić information content (AvgIpc) is 2.36. The molecule has 0 saturated heterocycles. The van der Waals surface area contributed by atoms with Gasteiger partial charge in [0.15, 0.2) is 0 Å². The fraction of sp³-hybridized carbons (Fsp3) is 0.909. The molecule has 66 valence electrons. The van der Waals surface area contributed by atoms with Crippen LogP contribution in [0.4, 0.5) is 0 Å². The molecule has 4 saturated carbocycles. The second kappa shape index (κ2) is 1.78. The van der Waals surface area contributed by atoms with Crippen LogP contribution in [0, 0.1) is 16.7 Å². The Morgan fingerprint density at radius 1 is 1.42 bits per heavy atom. The maximum atomic E-state index is 11.8. The number of fused-ring (bicyclic) bond motifs is 1. The molecule has 0 aromatic heterocycles. The molecule has 0 N–H and O–H groups in total. The Morgan fingerprint density at radius 2 is 2.25 bits per heavy atom. The molecule has 4 rings (SSSR count). The molecular weight excluding hydrogens is 148 g/mol. The van der Waals surface area contributed by atoms with Crippen molar-refractivity contribution >= 4 is 5.78 Å². The molecule has 1 heteroatoms. The van der Waals surface area contributed by atoms with Crippen molar-refractivity contribution in [3.8, 4) is 0 Å². The fourth-order valence-electron chi connectivity index (χ4n) is 4.34. The lowest BCUT2D eigenvalue weighted by atomic mass is 9.48. The highest BCUT2D eigenvalue weighted by Crippen LogP contribution is 2.73. The van der Waals surface area contributed by atoms with Gasteiger partial charge in [0.1, 0.15) is 5.78 Å². The van der Waals surface area contributed by atoms with Crippen LogP contribution >= 0.6 is 0 Å². The normalized spacial score (nSPS) is 56.4. The fourth-order valence-corrected chi connectivity index (χ4v) is 4.34. The molecular formula is C11H16O. The topological polar surface area (TPSA) is 17.1 Å². The van der Waals surface area contributed by atoms with Gasteiger partial charge >= 0.3 is 0 Å². The maximum absolute atomic E-state index is 11.8. The van der Waals surface area contributed by atoms with E-state index in [2.05, 4.69) is 6.92 Å². The van der Waals surface area contributed by atoms with E-state index in [9.17, 15) is 4.79 Å². The summed E-state index contributed by atoms with van der Waals surface area (Å²) in [6.07, 6.45) is 7.35. The van der Waals surface area contributed by atoms with Crippen molar-refractivity contribution in [2.45, 2.75) is 45.4 Å². The Morgan fingerprint density at radius 3 is 2.92 bits per heavy atom. The first kappa shape index (κ1) is 7.11. The predicted octanol–water partition coefficient (Wildman–Crippen LogP) is 2.55. The van der Waals surface area contributed by atoms with Crippen molar-refractivity contribution in [3.63, 3.8) is 0 Å². The molecule has 0 radical (unpaired) electrons. The van der Waals surface area contributed by atoms with E-state index in [0.717, 1.165) is 12.3 Å². The van der Waals surface area contributed by atoms with E-state index in [4.69, 9.17) is 0 Å². The number of rotatable bonds is 0. The molecule has 2 bridgehead atoms. The number of hydrogen-bond donors (Lipinski definition) is 0. The predicted molar refractivity (Wildman–Crippen MR) is 46.7 cm³/mol. The van der Waals surface area contributed by atoms with Crippen LogP contribution in [0.25, 0.3) is 0 Å². The zero-order chi connectivity index (χ0) is 8.40. The Bertz CT molecular complexity index is 258. The standard InChI is InChI=1S/C11H16O/c1-10-6-9(12)11(7-10)5-3-2-4-8(10)11/h8H,2-7H2,1H3. The molecule has 3 atom stereocenters. The third-order valence-electron chi connectivity index (χ3n) is 4.71. The third-order valence-corrected chi connectivity index (χ3v) is 4.71. The minimum absolute atomic E-state index is 0.215. The summed E-state index contributed by atoms with van der Waals surface area (Å²) in [5.41, 5.74) is 0.657. The maximum Gasteiger partial charge on any atom is 0.139 e. The molecule has 0 aromatic carbocycles. The smallest absolute Gasteiger partial charge is 0.139 e. The lowest BCUT2D eigenvalue weighted by Gasteiger charge is -2.55. The van der Waals surface area contributed by atoms with Gasteiger partial charge in [-0.1, -0.05) is 19.8 Å². The SMILES string of the molecule is CC12CC(=O)C3(CCCCC13)C2. The van der Waals surface area contributed by atoms with E-state index in [1.165, 1.54) is 32.1 Å². The van der Waals surface area contributed by atoms with Crippen LogP contribution in [0.3, 0.4) is 0 Å². The highest BCUT2D eigenvalue weighted by Gasteiger charge is 2.70. The Balaban J connectivity index is 2.02. The van der Waals surface area contributed by atoms with Crippen LogP contribution in [-0.2, 0) is 4.79 Å². The van der Waals surface area contributed by atoms with E-state index >= 15 is 0 Å². The van der Waals surface area contributed by atoms with Gasteiger partial charge in [0.25, 0.3) is 0 Å². The first-order valence-corrected chi connectivity index (χ1v) is 5.21. The highest BCUT2D eigenvalue weighted by molar-refractivity contribution is 5.92. The summed E-state index contributed by atoms with van der Waals surface area (Å²) in [6, 6.07) is 0. The molecule has 4 aliphatic rings. The molecule has 1 nitrogen and oxygen atoms in total. The van der Waals surface area contributed by atoms with Crippen LogP contribution < -0.4 is 0 Å². The molecule has 0 amide bonds. The van der Waals surface area contributed by atoms with Crippen molar-refractivity contribution in [2.75, 3.05) is 0 Å². The van der Waals surface area contributed by atoms with Crippen LogP contribution in [0.1, 0.15) is 45.4 Å². The van der Waals surface area contributed by atoms with Gasteiger partial charge in [0.2, 0.25) is 0 Å². The number of carbonyl (C=O) groups is 1. The van der Waals surface area contributed by atoms with E-state index in [-0.39, 0.29) is 5.41 Å². The molecule has 4 fully saturated rings. The van der Waals surface area contributed by atoms with Crippen LogP contribution in [0.15, 0.2) is 0 Å². The first-order chi connectivity index (χ1) is 5.67. The second-order valence-corrected chi connectivity index (χ2v) is 5.39. The summed E-state index contributed by atoms with van der Waals surface area (Å²) < 4.78 is 0. The van der Waals surface area contributed by atoms with Gasteiger partial charge in [0, 0.05) is 11.8 Å². The number of carbonyl (C=O) groups excluding carboxylic acids is 1. The molecule has 1 spiro atoms. The van der Waals surface area contributed by atoms with Crippen molar-refractivity contribution in [3.05, 3.63) is 0 Å². The number of Topliss-reactive ketones (excluding diaryl/α,β-unsaturated/α-hetero) is 1. The summed E-state index contributed by atoms with van der Waals surface area (Å²) in [7, 11) is 0. The molecule has 0 heterocycles. The van der Waals surface area contributed by atoms with Crippen LogP contribution in [0.5, 0.6) is 0 Å². The van der Waals surface area contributed by atoms with Crippen molar-refractivity contribution in [2.24, 2.45) is 16.7 Å². The third kappa shape index (κ3) is 0.541. The van der Waals surface area contributed by atoms with Gasteiger partial charge in [-0.15, -0.1) is 0 Å². The summed E-state index contributed by atoms with van der Waals surface area (Å²) in [4.78, 5) is 11.8. The minimum atomic E-state index is 0.215. The van der Waals surface area contributed by atoms with E-state index < -0.39 is 0 Å². The van der Waals surface area contributed by atoms with Gasteiger partial charge < -0.3 is 0 Å². The number of hydrogen-bond acceptors (Lipinski definition) is 1. The van der Waals surface area contributed by atoms with Crippen LogP contribution in [-0.4, -0.2) is 5.78 Å². The lowest BCUT2D eigenvalue weighted by Crippen LogP contribution is -2.50. The summed E-state index contributed by atoms with van der Waals surface area (Å²) in [5.74, 6) is 1.39. The van der Waals surface area contributed by atoms with E-state index in [1.54, 1.807) is 0 Å². The largest absolute Gasteiger partial charge is 0.299 e.